The summed E-state index contributed by atoms with van der Waals surface area (Å²) in [6.45, 7) is 3.19. The van der Waals surface area contributed by atoms with Crippen molar-refractivity contribution in [1.29, 1.82) is 0 Å². The van der Waals surface area contributed by atoms with Gasteiger partial charge < -0.3 is 10.5 Å². The zero-order chi connectivity index (χ0) is 8.69. The monoisotopic (exact) mass is 179 g/mol. The molecule has 0 spiro atoms. The molecule has 3 nitrogen and oxygen atoms in total. The molecule has 0 heterocycles. The number of methoxy groups -OCH3 is 1. The molecule has 0 aliphatic heterocycles. The van der Waals surface area contributed by atoms with Gasteiger partial charge in [0.05, 0.1) is 6.61 Å². The molecule has 4 heteroatoms. The Hall–Kier alpha value is 0.0700. The Balaban J connectivity index is 3.36. The number of hydrogen-bond donors (Lipinski definition) is 1. The average Bonchev–Trinajstić information content (AvgIpc) is 2.00. The number of rotatable bonds is 6. The van der Waals surface area contributed by atoms with Crippen molar-refractivity contribution in [2.45, 2.75) is 6.92 Å². The highest BCUT2D eigenvalue weighted by molar-refractivity contribution is 7.85. The van der Waals surface area contributed by atoms with Gasteiger partial charge in [0.15, 0.2) is 0 Å². The minimum Gasteiger partial charge on any atom is -0.384 e. The number of ether oxygens (including phenoxy) is 1. The highest BCUT2D eigenvalue weighted by Crippen LogP contribution is 1.95. The predicted molar refractivity (Wildman–Crippen MR) is 48.0 cm³/mol. The maximum Gasteiger partial charge on any atom is 0.0577 e. The lowest BCUT2D eigenvalue weighted by Crippen LogP contribution is -2.20. The summed E-state index contributed by atoms with van der Waals surface area (Å²) < 4.78 is 16.0. The molecule has 0 amide bonds. The molecule has 0 saturated carbocycles. The fourth-order valence-electron chi connectivity index (χ4n) is 0.645. The van der Waals surface area contributed by atoms with Crippen molar-refractivity contribution in [1.82, 2.24) is 0 Å². The van der Waals surface area contributed by atoms with Crippen molar-refractivity contribution in [3.05, 3.63) is 0 Å². The number of hydrogen-bond acceptors (Lipinski definition) is 3. The second-order valence-corrected chi connectivity index (χ2v) is 4.27. The quantitative estimate of drug-likeness (QED) is 0.623. The van der Waals surface area contributed by atoms with E-state index in [1.807, 2.05) is 6.92 Å². The van der Waals surface area contributed by atoms with E-state index in [2.05, 4.69) is 0 Å². The van der Waals surface area contributed by atoms with Crippen molar-refractivity contribution in [3.8, 4) is 0 Å². The smallest absolute Gasteiger partial charge is 0.0577 e. The third-order valence-electron chi connectivity index (χ3n) is 1.39. The summed E-state index contributed by atoms with van der Waals surface area (Å²) in [4.78, 5) is 0. The summed E-state index contributed by atoms with van der Waals surface area (Å²) in [6, 6.07) is 0. The molecule has 2 unspecified atom stereocenters. The van der Waals surface area contributed by atoms with Crippen molar-refractivity contribution in [2.75, 3.05) is 31.8 Å². The summed E-state index contributed by atoms with van der Waals surface area (Å²) in [5, 5.41) is 0. The molecule has 0 fully saturated rings. The van der Waals surface area contributed by atoms with Crippen LogP contribution in [0, 0.1) is 5.92 Å². The van der Waals surface area contributed by atoms with Crippen LogP contribution >= 0.6 is 0 Å². The topological polar surface area (TPSA) is 52.3 Å². The van der Waals surface area contributed by atoms with Gasteiger partial charge in [-0.15, -0.1) is 0 Å². The molecular formula is C7H17NO2S. The first-order valence-electron chi connectivity index (χ1n) is 3.74. The van der Waals surface area contributed by atoms with E-state index < -0.39 is 10.8 Å². The fraction of sp³-hybridized carbons (Fsp3) is 1.00. The first kappa shape index (κ1) is 11.1. The molecule has 0 aromatic carbocycles. The lowest BCUT2D eigenvalue weighted by molar-refractivity contribution is 0.218. The molecular weight excluding hydrogens is 162 g/mol. The van der Waals surface area contributed by atoms with Gasteiger partial charge in [-0.1, -0.05) is 6.92 Å². The van der Waals surface area contributed by atoms with Crippen molar-refractivity contribution in [2.24, 2.45) is 11.7 Å². The zero-order valence-electron chi connectivity index (χ0n) is 7.21. The fourth-order valence-corrected chi connectivity index (χ4v) is 1.93. The van der Waals surface area contributed by atoms with Crippen LogP contribution in [0.5, 0.6) is 0 Å². The summed E-state index contributed by atoms with van der Waals surface area (Å²) in [5.41, 5.74) is 5.38. The van der Waals surface area contributed by atoms with Gasteiger partial charge in [-0.25, -0.2) is 0 Å². The van der Waals surface area contributed by atoms with Gasteiger partial charge >= 0.3 is 0 Å². The van der Waals surface area contributed by atoms with E-state index >= 15 is 0 Å². The van der Waals surface area contributed by atoms with Gasteiger partial charge in [-0.3, -0.25) is 4.21 Å². The van der Waals surface area contributed by atoms with Crippen molar-refractivity contribution in [3.63, 3.8) is 0 Å². The second kappa shape index (κ2) is 6.76. The molecule has 0 bridgehead atoms. The molecule has 0 rings (SSSR count). The third-order valence-corrected chi connectivity index (χ3v) is 2.95. The van der Waals surface area contributed by atoms with E-state index in [1.54, 1.807) is 7.11 Å². The van der Waals surface area contributed by atoms with E-state index in [1.165, 1.54) is 0 Å². The molecule has 0 saturated heterocycles. The van der Waals surface area contributed by atoms with Crippen LogP contribution in [-0.2, 0) is 15.5 Å². The zero-order valence-corrected chi connectivity index (χ0v) is 8.02. The highest BCUT2D eigenvalue weighted by Gasteiger charge is 2.04. The minimum atomic E-state index is -0.755. The SMILES string of the molecule is COCCS(=O)CC(C)CN. The van der Waals surface area contributed by atoms with Crippen LogP contribution < -0.4 is 5.73 Å². The third kappa shape index (κ3) is 6.47. The molecule has 0 aromatic heterocycles. The number of nitrogens with two attached hydrogens (primary N) is 1. The molecule has 68 valence electrons. The van der Waals surface area contributed by atoms with Crippen LogP contribution in [0.15, 0.2) is 0 Å². The molecule has 11 heavy (non-hydrogen) atoms. The van der Waals surface area contributed by atoms with E-state index in [-0.39, 0.29) is 0 Å². The molecule has 0 radical (unpaired) electrons. The van der Waals surface area contributed by atoms with Gasteiger partial charge in [0.25, 0.3) is 0 Å². The molecule has 0 aromatic rings. The maximum absolute atomic E-state index is 11.1. The van der Waals surface area contributed by atoms with Gasteiger partial charge in [0.2, 0.25) is 0 Å². The summed E-state index contributed by atoms with van der Waals surface area (Å²) >= 11 is 0. The van der Waals surface area contributed by atoms with Crippen LogP contribution in [0.1, 0.15) is 6.92 Å². The van der Waals surface area contributed by atoms with Crippen LogP contribution in [-0.4, -0.2) is 36.0 Å². The molecule has 0 aliphatic carbocycles. The van der Waals surface area contributed by atoms with Gasteiger partial charge in [-0.2, -0.15) is 0 Å². The Morgan fingerprint density at radius 1 is 1.64 bits per heavy atom. The lowest BCUT2D eigenvalue weighted by atomic mass is 10.2. The van der Waals surface area contributed by atoms with Gasteiger partial charge in [0.1, 0.15) is 0 Å². The Labute approximate surface area is 70.8 Å². The summed E-state index contributed by atoms with van der Waals surface area (Å²) in [7, 11) is 0.860. The van der Waals surface area contributed by atoms with E-state index in [0.29, 0.717) is 30.6 Å². The van der Waals surface area contributed by atoms with Crippen LogP contribution in [0.2, 0.25) is 0 Å². The van der Waals surface area contributed by atoms with E-state index in [4.69, 9.17) is 10.5 Å². The highest BCUT2D eigenvalue weighted by atomic mass is 32.2. The largest absolute Gasteiger partial charge is 0.384 e. The maximum atomic E-state index is 11.1. The molecule has 2 N–H and O–H groups in total. The average molecular weight is 179 g/mol. The van der Waals surface area contributed by atoms with Crippen LogP contribution in [0.3, 0.4) is 0 Å². The Morgan fingerprint density at radius 3 is 2.73 bits per heavy atom. The van der Waals surface area contributed by atoms with E-state index in [0.717, 1.165) is 0 Å². The predicted octanol–water partition coefficient (Wildman–Crippen LogP) is -0.0237. The summed E-state index contributed by atoms with van der Waals surface area (Å²) in [5.74, 6) is 1.67. The standard InChI is InChI=1S/C7H17NO2S/c1-7(5-8)6-11(9)4-3-10-2/h7H,3-6,8H2,1-2H3. The Bertz CT molecular complexity index is 119. The van der Waals surface area contributed by atoms with Gasteiger partial charge in [-0.05, 0) is 12.5 Å². The van der Waals surface area contributed by atoms with Crippen LogP contribution in [0.4, 0.5) is 0 Å². The molecule has 0 aliphatic rings. The second-order valence-electron chi connectivity index (χ2n) is 2.64. The lowest BCUT2D eigenvalue weighted by Gasteiger charge is -2.06. The molecule has 2 atom stereocenters. The first-order valence-corrected chi connectivity index (χ1v) is 5.23. The van der Waals surface area contributed by atoms with Gasteiger partial charge in [0, 0.05) is 29.4 Å². The minimum absolute atomic E-state index is 0.354. The Morgan fingerprint density at radius 2 is 2.27 bits per heavy atom. The van der Waals surface area contributed by atoms with Crippen LogP contribution in [0.25, 0.3) is 0 Å². The summed E-state index contributed by atoms with van der Waals surface area (Å²) in [6.07, 6.45) is 0. The Kier molecular flexibility index (Phi) is 6.80. The van der Waals surface area contributed by atoms with E-state index in [9.17, 15) is 4.21 Å². The van der Waals surface area contributed by atoms with Crippen molar-refractivity contribution < 1.29 is 8.95 Å². The normalized spacial score (nSPS) is 16.3. The first-order chi connectivity index (χ1) is 5.20. The van der Waals surface area contributed by atoms with Crippen molar-refractivity contribution >= 4 is 10.8 Å².